The van der Waals surface area contributed by atoms with E-state index in [1.165, 1.54) is 17.2 Å². The van der Waals surface area contributed by atoms with Crippen molar-refractivity contribution in [2.45, 2.75) is 13.8 Å². The Morgan fingerprint density at radius 1 is 1.50 bits per heavy atom. The molecule has 2 N–H and O–H groups in total. The van der Waals surface area contributed by atoms with E-state index < -0.39 is 5.91 Å². The first-order valence-corrected chi connectivity index (χ1v) is 5.97. The fraction of sp³-hybridized carbons (Fsp3) is 0.417. The number of hydrogen-bond donors (Lipinski definition) is 1. The van der Waals surface area contributed by atoms with Crippen LogP contribution < -0.4 is 5.73 Å². The molecule has 0 spiro atoms. The zero-order valence-corrected chi connectivity index (χ0v) is 11.1. The second-order valence-corrected chi connectivity index (χ2v) is 4.80. The molecule has 0 atom stereocenters. The van der Waals surface area contributed by atoms with E-state index in [0.717, 1.165) is 0 Å². The van der Waals surface area contributed by atoms with Crippen LogP contribution in [0, 0.1) is 5.92 Å². The van der Waals surface area contributed by atoms with E-state index in [0.29, 0.717) is 12.1 Å². The summed E-state index contributed by atoms with van der Waals surface area (Å²) in [6.45, 7) is 4.28. The molecule has 1 heterocycles. The molecule has 2 amide bonds. The molecule has 18 heavy (non-hydrogen) atoms. The Labute approximate surface area is 111 Å². The molecular formula is C12H16ClN3O2. The summed E-state index contributed by atoms with van der Waals surface area (Å²) in [4.78, 5) is 28.4. The average molecular weight is 270 g/mol. The van der Waals surface area contributed by atoms with Crippen LogP contribution in [0.1, 0.15) is 24.2 Å². The topological polar surface area (TPSA) is 76.3 Å². The summed E-state index contributed by atoms with van der Waals surface area (Å²) in [5, 5.41) is 0.240. The van der Waals surface area contributed by atoms with Crippen LogP contribution in [0.15, 0.2) is 18.3 Å². The molecular weight excluding hydrogens is 254 g/mol. The summed E-state index contributed by atoms with van der Waals surface area (Å²) in [5.74, 6) is -0.568. The first-order valence-electron chi connectivity index (χ1n) is 5.59. The molecule has 0 fully saturated rings. The lowest BCUT2D eigenvalue weighted by atomic mass is 10.1. The van der Waals surface area contributed by atoms with Gasteiger partial charge in [-0.2, -0.15) is 0 Å². The maximum Gasteiger partial charge on any atom is 0.254 e. The SMILES string of the molecule is CC(C)CN(CC(N)=O)C(=O)c1ccnc(Cl)c1. The second-order valence-electron chi connectivity index (χ2n) is 4.41. The van der Waals surface area contributed by atoms with Crippen molar-refractivity contribution in [3.63, 3.8) is 0 Å². The van der Waals surface area contributed by atoms with E-state index >= 15 is 0 Å². The van der Waals surface area contributed by atoms with Crippen LogP contribution in [0.2, 0.25) is 5.15 Å². The van der Waals surface area contributed by atoms with Gasteiger partial charge in [0.25, 0.3) is 5.91 Å². The predicted octanol–water partition coefficient (Wildman–Crippen LogP) is 1.32. The number of pyridine rings is 1. The molecule has 0 aliphatic heterocycles. The lowest BCUT2D eigenvalue weighted by molar-refractivity contribution is -0.118. The molecule has 0 aromatic carbocycles. The van der Waals surface area contributed by atoms with Crippen molar-refractivity contribution in [2.24, 2.45) is 11.7 Å². The summed E-state index contributed by atoms with van der Waals surface area (Å²) < 4.78 is 0. The van der Waals surface area contributed by atoms with E-state index in [9.17, 15) is 9.59 Å². The Hall–Kier alpha value is -1.62. The van der Waals surface area contributed by atoms with Crippen LogP contribution in [0.4, 0.5) is 0 Å². The minimum atomic E-state index is -0.538. The first kappa shape index (κ1) is 14.4. The summed E-state index contributed by atoms with van der Waals surface area (Å²) in [6.07, 6.45) is 1.45. The Morgan fingerprint density at radius 2 is 2.17 bits per heavy atom. The average Bonchev–Trinajstić information content (AvgIpc) is 2.26. The molecule has 0 unspecified atom stereocenters. The number of nitrogens with two attached hydrogens (primary N) is 1. The van der Waals surface area contributed by atoms with Gasteiger partial charge in [-0.1, -0.05) is 25.4 Å². The zero-order chi connectivity index (χ0) is 13.7. The third-order valence-corrected chi connectivity index (χ3v) is 2.40. The minimum absolute atomic E-state index is 0.100. The molecule has 1 aromatic rings. The number of amides is 2. The van der Waals surface area contributed by atoms with E-state index in [1.807, 2.05) is 13.8 Å². The number of carbonyl (C=O) groups is 2. The number of carbonyl (C=O) groups excluding carboxylic acids is 2. The van der Waals surface area contributed by atoms with E-state index in [1.54, 1.807) is 6.07 Å². The lowest BCUT2D eigenvalue weighted by Gasteiger charge is -2.23. The zero-order valence-electron chi connectivity index (χ0n) is 10.4. The highest BCUT2D eigenvalue weighted by Gasteiger charge is 2.19. The molecule has 0 radical (unpaired) electrons. The van der Waals surface area contributed by atoms with Gasteiger partial charge in [0.15, 0.2) is 0 Å². The van der Waals surface area contributed by atoms with Crippen molar-refractivity contribution in [2.75, 3.05) is 13.1 Å². The molecule has 0 aliphatic carbocycles. The van der Waals surface area contributed by atoms with Crippen LogP contribution >= 0.6 is 11.6 Å². The fourth-order valence-electron chi connectivity index (χ4n) is 1.57. The van der Waals surface area contributed by atoms with Gasteiger partial charge in [-0.05, 0) is 18.1 Å². The molecule has 98 valence electrons. The van der Waals surface area contributed by atoms with Crippen LogP contribution in [0.3, 0.4) is 0 Å². The van der Waals surface area contributed by atoms with Crippen LogP contribution in [0.25, 0.3) is 0 Å². The van der Waals surface area contributed by atoms with Crippen molar-refractivity contribution < 1.29 is 9.59 Å². The van der Waals surface area contributed by atoms with Crippen molar-refractivity contribution in [3.8, 4) is 0 Å². The molecule has 0 saturated carbocycles. The quantitative estimate of drug-likeness (QED) is 0.819. The van der Waals surface area contributed by atoms with Crippen LogP contribution in [-0.4, -0.2) is 34.8 Å². The van der Waals surface area contributed by atoms with Crippen molar-refractivity contribution in [3.05, 3.63) is 29.0 Å². The number of halogens is 1. The Bertz CT molecular complexity index is 449. The molecule has 0 bridgehead atoms. The lowest BCUT2D eigenvalue weighted by Crippen LogP contribution is -2.40. The fourth-order valence-corrected chi connectivity index (χ4v) is 1.74. The summed E-state index contributed by atoms with van der Waals surface area (Å²) in [6, 6.07) is 3.03. The second kappa shape index (κ2) is 6.35. The van der Waals surface area contributed by atoms with E-state index in [2.05, 4.69) is 4.98 Å². The molecule has 1 rings (SSSR count). The highest BCUT2D eigenvalue weighted by Crippen LogP contribution is 2.11. The maximum atomic E-state index is 12.2. The van der Waals surface area contributed by atoms with Crippen molar-refractivity contribution in [1.82, 2.24) is 9.88 Å². The predicted molar refractivity (Wildman–Crippen MR) is 69.2 cm³/mol. The van der Waals surface area contributed by atoms with Gasteiger partial charge in [-0.3, -0.25) is 9.59 Å². The Morgan fingerprint density at radius 3 is 2.67 bits per heavy atom. The van der Waals surface area contributed by atoms with Crippen LogP contribution in [0.5, 0.6) is 0 Å². The van der Waals surface area contributed by atoms with Gasteiger partial charge in [0, 0.05) is 18.3 Å². The maximum absolute atomic E-state index is 12.2. The third kappa shape index (κ3) is 4.33. The number of hydrogen-bond acceptors (Lipinski definition) is 3. The standard InChI is InChI=1S/C12H16ClN3O2/c1-8(2)6-16(7-11(14)17)12(18)9-3-4-15-10(13)5-9/h3-5,8H,6-7H2,1-2H3,(H2,14,17). The van der Waals surface area contributed by atoms with Gasteiger partial charge in [-0.25, -0.2) is 4.98 Å². The molecule has 0 aliphatic rings. The van der Waals surface area contributed by atoms with Gasteiger partial charge in [-0.15, -0.1) is 0 Å². The molecule has 6 heteroatoms. The number of rotatable bonds is 5. The largest absolute Gasteiger partial charge is 0.368 e. The third-order valence-electron chi connectivity index (χ3n) is 2.19. The molecule has 0 saturated heterocycles. The smallest absolute Gasteiger partial charge is 0.254 e. The van der Waals surface area contributed by atoms with Gasteiger partial charge >= 0.3 is 0 Å². The van der Waals surface area contributed by atoms with E-state index in [-0.39, 0.29) is 23.5 Å². The monoisotopic (exact) mass is 269 g/mol. The Balaban J connectivity index is 2.90. The van der Waals surface area contributed by atoms with Crippen molar-refractivity contribution >= 4 is 23.4 Å². The normalized spacial score (nSPS) is 10.4. The van der Waals surface area contributed by atoms with Crippen molar-refractivity contribution in [1.29, 1.82) is 0 Å². The minimum Gasteiger partial charge on any atom is -0.368 e. The van der Waals surface area contributed by atoms with Gasteiger partial charge < -0.3 is 10.6 Å². The summed E-state index contributed by atoms with van der Waals surface area (Å²) in [7, 11) is 0. The summed E-state index contributed by atoms with van der Waals surface area (Å²) >= 11 is 5.73. The number of nitrogens with zero attached hydrogens (tertiary/aromatic N) is 2. The highest BCUT2D eigenvalue weighted by atomic mass is 35.5. The first-order chi connectivity index (χ1) is 8.40. The number of aromatic nitrogens is 1. The van der Waals surface area contributed by atoms with Gasteiger partial charge in [0.05, 0.1) is 6.54 Å². The van der Waals surface area contributed by atoms with E-state index in [4.69, 9.17) is 17.3 Å². The van der Waals surface area contributed by atoms with Crippen LogP contribution in [-0.2, 0) is 4.79 Å². The van der Waals surface area contributed by atoms with Gasteiger partial charge in [0.2, 0.25) is 5.91 Å². The molecule has 1 aromatic heterocycles. The highest BCUT2D eigenvalue weighted by molar-refractivity contribution is 6.29. The molecule has 5 nitrogen and oxygen atoms in total. The summed E-state index contributed by atoms with van der Waals surface area (Å²) in [5.41, 5.74) is 5.54. The Kier molecular flexibility index (Phi) is 5.09. The van der Waals surface area contributed by atoms with Gasteiger partial charge in [0.1, 0.15) is 5.15 Å². The number of primary amides is 1.